The van der Waals surface area contributed by atoms with E-state index in [1.165, 1.54) is 41.7 Å². The molecule has 2 rings (SSSR count). The van der Waals surface area contributed by atoms with Crippen LogP contribution < -0.4 is 4.74 Å². The molecule has 21 heavy (non-hydrogen) atoms. The van der Waals surface area contributed by atoms with Crippen molar-refractivity contribution in [3.8, 4) is 5.75 Å². The molecule has 0 saturated heterocycles. The third kappa shape index (κ3) is 4.27. The summed E-state index contributed by atoms with van der Waals surface area (Å²) < 4.78 is 44.7. The quantitative estimate of drug-likeness (QED) is 0.868. The highest BCUT2D eigenvalue weighted by atomic mass is 19.4. The number of hydrogen-bond donors (Lipinski definition) is 0. The molecule has 7 heteroatoms. The smallest absolute Gasteiger partial charge is 0.472 e. The number of benzene rings is 1. The van der Waals surface area contributed by atoms with Gasteiger partial charge in [0.2, 0.25) is 0 Å². The van der Waals surface area contributed by atoms with E-state index in [-0.39, 0.29) is 18.2 Å². The van der Waals surface area contributed by atoms with Crippen LogP contribution in [0.2, 0.25) is 0 Å². The van der Waals surface area contributed by atoms with Crippen molar-refractivity contribution in [2.24, 2.45) is 0 Å². The Hall–Kier alpha value is -2.44. The van der Waals surface area contributed by atoms with Crippen LogP contribution in [0.15, 0.2) is 47.3 Å². The van der Waals surface area contributed by atoms with E-state index in [0.29, 0.717) is 11.1 Å². The summed E-state index contributed by atoms with van der Waals surface area (Å²) in [5.41, 5.74) is 1.10. The van der Waals surface area contributed by atoms with Crippen LogP contribution in [0.1, 0.15) is 15.9 Å². The van der Waals surface area contributed by atoms with Gasteiger partial charge in [-0.3, -0.25) is 4.79 Å². The Morgan fingerprint density at radius 1 is 1.24 bits per heavy atom. The zero-order chi connectivity index (χ0) is 15.5. The number of hydrogen-bond acceptors (Lipinski definition) is 3. The van der Waals surface area contributed by atoms with Gasteiger partial charge in [-0.1, -0.05) is 12.1 Å². The maximum absolute atomic E-state index is 12.0. The lowest BCUT2D eigenvalue weighted by molar-refractivity contribution is -0.274. The fraction of sp³-hybridized carbons (Fsp3) is 0.214. The second kappa shape index (κ2) is 5.90. The van der Waals surface area contributed by atoms with E-state index in [1.54, 1.807) is 13.1 Å². The van der Waals surface area contributed by atoms with Gasteiger partial charge >= 0.3 is 6.36 Å². The highest BCUT2D eigenvalue weighted by Gasteiger charge is 2.30. The predicted octanol–water partition coefficient (Wildman–Crippen LogP) is 3.45. The van der Waals surface area contributed by atoms with Crippen LogP contribution >= 0.6 is 0 Å². The van der Waals surface area contributed by atoms with Crippen molar-refractivity contribution in [1.29, 1.82) is 0 Å². The summed E-state index contributed by atoms with van der Waals surface area (Å²) in [6.45, 7) is 0.260. The molecule has 0 aliphatic heterocycles. The van der Waals surface area contributed by atoms with Crippen molar-refractivity contribution in [2.75, 3.05) is 7.05 Å². The van der Waals surface area contributed by atoms with Crippen LogP contribution in [-0.4, -0.2) is 24.2 Å². The maximum Gasteiger partial charge on any atom is 0.573 e. The van der Waals surface area contributed by atoms with Crippen LogP contribution in [0.5, 0.6) is 5.75 Å². The fourth-order valence-corrected chi connectivity index (χ4v) is 1.75. The second-order valence-corrected chi connectivity index (χ2v) is 4.36. The molecule has 0 radical (unpaired) electrons. The van der Waals surface area contributed by atoms with E-state index < -0.39 is 6.36 Å². The van der Waals surface area contributed by atoms with Crippen LogP contribution in [-0.2, 0) is 6.54 Å². The Morgan fingerprint density at radius 3 is 2.43 bits per heavy atom. The molecule has 0 aliphatic carbocycles. The van der Waals surface area contributed by atoms with E-state index in [1.807, 2.05) is 0 Å². The van der Waals surface area contributed by atoms with Crippen LogP contribution in [0, 0.1) is 0 Å². The largest absolute Gasteiger partial charge is 0.573 e. The minimum atomic E-state index is -4.71. The van der Waals surface area contributed by atoms with Crippen LogP contribution in [0.25, 0.3) is 0 Å². The van der Waals surface area contributed by atoms with E-state index in [2.05, 4.69) is 4.74 Å². The Morgan fingerprint density at radius 2 is 1.90 bits per heavy atom. The molecule has 1 aromatic heterocycles. The van der Waals surface area contributed by atoms with E-state index in [0.717, 1.165) is 0 Å². The van der Waals surface area contributed by atoms with Crippen molar-refractivity contribution >= 4 is 5.91 Å². The van der Waals surface area contributed by atoms with Crippen LogP contribution in [0.4, 0.5) is 13.2 Å². The normalized spacial score (nSPS) is 11.2. The van der Waals surface area contributed by atoms with Gasteiger partial charge in [0.05, 0.1) is 11.8 Å². The number of amides is 1. The van der Waals surface area contributed by atoms with Gasteiger partial charge in [-0.15, -0.1) is 13.2 Å². The first-order valence-corrected chi connectivity index (χ1v) is 5.97. The summed E-state index contributed by atoms with van der Waals surface area (Å²) in [5.74, 6) is -0.533. The highest BCUT2D eigenvalue weighted by Crippen LogP contribution is 2.23. The van der Waals surface area contributed by atoms with Gasteiger partial charge in [0.25, 0.3) is 5.91 Å². The Kier molecular flexibility index (Phi) is 4.21. The Balaban J connectivity index is 1.98. The first-order chi connectivity index (χ1) is 9.85. The molecule has 0 spiro atoms. The molecule has 0 bridgehead atoms. The van der Waals surface area contributed by atoms with Gasteiger partial charge in [-0.2, -0.15) is 0 Å². The predicted molar refractivity (Wildman–Crippen MR) is 67.6 cm³/mol. The van der Waals surface area contributed by atoms with Gasteiger partial charge in [-0.05, 0) is 23.8 Å². The molecule has 0 fully saturated rings. The summed E-state index contributed by atoms with van der Waals surface area (Å²) in [4.78, 5) is 13.4. The van der Waals surface area contributed by atoms with Crippen molar-refractivity contribution in [3.63, 3.8) is 0 Å². The first kappa shape index (κ1) is 15.0. The van der Waals surface area contributed by atoms with Gasteiger partial charge in [0.15, 0.2) is 0 Å². The summed E-state index contributed by atoms with van der Waals surface area (Å²) in [6, 6.07) is 6.90. The molecule has 1 aromatic carbocycles. The van der Waals surface area contributed by atoms with Gasteiger partial charge in [0, 0.05) is 13.6 Å². The fourth-order valence-electron chi connectivity index (χ4n) is 1.75. The molecule has 0 saturated carbocycles. The molecule has 1 amide bonds. The van der Waals surface area contributed by atoms with Gasteiger partial charge in [-0.25, -0.2) is 0 Å². The van der Waals surface area contributed by atoms with Crippen molar-refractivity contribution in [2.45, 2.75) is 12.9 Å². The van der Waals surface area contributed by atoms with Crippen molar-refractivity contribution < 1.29 is 27.1 Å². The minimum Gasteiger partial charge on any atom is -0.472 e. The number of nitrogens with zero attached hydrogens (tertiary/aromatic N) is 1. The summed E-state index contributed by atoms with van der Waals surface area (Å²) >= 11 is 0. The van der Waals surface area contributed by atoms with E-state index in [4.69, 9.17) is 4.42 Å². The number of ether oxygens (including phenoxy) is 1. The number of rotatable bonds is 4. The summed E-state index contributed by atoms with van der Waals surface area (Å²) in [6.07, 6.45) is -1.99. The van der Waals surface area contributed by atoms with Crippen molar-refractivity contribution in [1.82, 2.24) is 4.90 Å². The van der Waals surface area contributed by atoms with Gasteiger partial charge < -0.3 is 14.1 Å². The molecule has 112 valence electrons. The van der Waals surface area contributed by atoms with E-state index in [9.17, 15) is 18.0 Å². The zero-order valence-corrected chi connectivity index (χ0v) is 11.1. The average Bonchev–Trinajstić information content (AvgIpc) is 2.92. The summed E-state index contributed by atoms with van der Waals surface area (Å²) in [7, 11) is 1.59. The highest BCUT2D eigenvalue weighted by molar-refractivity contribution is 5.93. The van der Waals surface area contributed by atoms with Crippen LogP contribution in [0.3, 0.4) is 0 Å². The molecule has 0 atom stereocenters. The second-order valence-electron chi connectivity index (χ2n) is 4.36. The van der Waals surface area contributed by atoms with E-state index >= 15 is 0 Å². The lowest BCUT2D eigenvalue weighted by Crippen LogP contribution is -2.25. The number of alkyl halides is 3. The minimum absolute atomic E-state index is 0.237. The molecule has 4 nitrogen and oxygen atoms in total. The SMILES string of the molecule is CN(Cc1ccc(OC(F)(F)F)cc1)C(=O)c1ccoc1. The summed E-state index contributed by atoms with van der Waals surface area (Å²) in [5, 5.41) is 0. The Labute approximate surface area is 118 Å². The average molecular weight is 299 g/mol. The zero-order valence-electron chi connectivity index (χ0n) is 11.1. The molecule has 0 unspecified atom stereocenters. The van der Waals surface area contributed by atoms with Crippen molar-refractivity contribution in [3.05, 3.63) is 54.0 Å². The monoisotopic (exact) mass is 299 g/mol. The number of carbonyl (C=O) groups excluding carboxylic acids is 1. The number of halogens is 3. The molecular weight excluding hydrogens is 287 g/mol. The molecule has 0 aliphatic rings. The Bertz CT molecular complexity index is 591. The van der Waals surface area contributed by atoms with Gasteiger partial charge in [0.1, 0.15) is 12.0 Å². The maximum atomic E-state index is 12.0. The standard InChI is InChI=1S/C14H12F3NO3/c1-18(13(19)11-6-7-20-9-11)8-10-2-4-12(5-3-10)21-14(15,16)17/h2-7,9H,8H2,1H3. The molecular formula is C14H12F3NO3. The molecule has 1 heterocycles. The molecule has 2 aromatic rings. The molecule has 0 N–H and O–H groups in total. The third-order valence-corrected chi connectivity index (χ3v) is 2.69. The lowest BCUT2D eigenvalue weighted by atomic mass is 10.2. The third-order valence-electron chi connectivity index (χ3n) is 2.69. The lowest BCUT2D eigenvalue weighted by Gasteiger charge is -2.16. The number of furan rings is 1. The number of carbonyl (C=O) groups is 1. The first-order valence-electron chi connectivity index (χ1n) is 5.97. The topological polar surface area (TPSA) is 42.7 Å².